The number of aromatic nitrogens is 3. The Bertz CT molecular complexity index is 1370. The van der Waals surface area contributed by atoms with Crippen LogP contribution in [0.3, 0.4) is 0 Å². The van der Waals surface area contributed by atoms with Gasteiger partial charge in [-0.2, -0.15) is 14.3 Å². The summed E-state index contributed by atoms with van der Waals surface area (Å²) in [7, 11) is 0.296. The van der Waals surface area contributed by atoms with Crippen LogP contribution in [0.2, 0.25) is 0 Å². The smallest absolute Gasteiger partial charge is 0.297 e. The van der Waals surface area contributed by atoms with E-state index in [9.17, 15) is 8.42 Å². The number of nitrogens with zero attached hydrogens (tertiary/aromatic N) is 5. The van der Waals surface area contributed by atoms with Crippen LogP contribution >= 0.6 is 0 Å². The summed E-state index contributed by atoms with van der Waals surface area (Å²) < 4.78 is 38.3. The largest absolute Gasteiger partial charge is 0.423 e. The number of sulfonamides is 1. The minimum absolute atomic E-state index is 0.317. The van der Waals surface area contributed by atoms with Crippen LogP contribution in [0.4, 0.5) is 6.01 Å². The van der Waals surface area contributed by atoms with E-state index in [0.29, 0.717) is 53.2 Å². The topological polar surface area (TPSA) is 106 Å². The van der Waals surface area contributed by atoms with Crippen LogP contribution in [-0.4, -0.2) is 55.0 Å². The van der Waals surface area contributed by atoms with Crippen molar-refractivity contribution >= 4 is 27.1 Å². The highest BCUT2D eigenvalue weighted by molar-refractivity contribution is 7.89. The highest BCUT2D eigenvalue weighted by Gasteiger charge is 2.25. The fourth-order valence-corrected chi connectivity index (χ4v) is 5.41. The Labute approximate surface area is 192 Å². The maximum Gasteiger partial charge on any atom is 0.297 e. The van der Waals surface area contributed by atoms with E-state index < -0.39 is 10.0 Å². The van der Waals surface area contributed by atoms with Crippen LogP contribution in [-0.2, 0) is 16.4 Å². The van der Waals surface area contributed by atoms with Crippen LogP contribution < -0.4 is 4.90 Å². The molecule has 33 heavy (non-hydrogen) atoms. The van der Waals surface area contributed by atoms with Crippen LogP contribution in [0.25, 0.3) is 22.5 Å². The second-order valence-corrected chi connectivity index (χ2v) is 10.3. The van der Waals surface area contributed by atoms with Gasteiger partial charge in [-0.1, -0.05) is 23.7 Å². The number of hydrogen-bond donors (Lipinski definition) is 0. The maximum absolute atomic E-state index is 12.8. The van der Waals surface area contributed by atoms with Crippen molar-refractivity contribution in [2.24, 2.45) is 0 Å². The number of benzene rings is 2. The van der Waals surface area contributed by atoms with Gasteiger partial charge in [-0.15, -0.1) is 0 Å². The minimum atomic E-state index is -3.44. The first-order valence-corrected chi connectivity index (χ1v) is 12.3. The lowest BCUT2D eigenvalue weighted by Gasteiger charge is -2.25. The number of anilines is 1. The summed E-state index contributed by atoms with van der Waals surface area (Å²) in [5.41, 5.74) is 3.07. The van der Waals surface area contributed by atoms with Gasteiger partial charge in [0.05, 0.1) is 11.3 Å². The van der Waals surface area contributed by atoms with Gasteiger partial charge in [-0.3, -0.25) is 0 Å². The summed E-state index contributed by atoms with van der Waals surface area (Å²) in [6.07, 6.45) is 3.32. The van der Waals surface area contributed by atoms with E-state index in [4.69, 9.17) is 8.94 Å². The molecule has 2 aromatic carbocycles. The molecule has 0 radical (unpaired) electrons. The molecule has 1 fully saturated rings. The fourth-order valence-electron chi connectivity index (χ4n) is 3.90. The molecule has 0 saturated carbocycles. The molecule has 3 heterocycles. The zero-order valence-electron chi connectivity index (χ0n) is 18.6. The summed E-state index contributed by atoms with van der Waals surface area (Å²) in [5, 5.41) is 4.09. The Morgan fingerprint density at radius 2 is 1.76 bits per heavy atom. The number of hydrogen-bond acceptors (Lipinski definition) is 8. The van der Waals surface area contributed by atoms with Crippen molar-refractivity contribution in [3.63, 3.8) is 0 Å². The van der Waals surface area contributed by atoms with E-state index in [1.165, 1.54) is 0 Å². The van der Waals surface area contributed by atoms with Crippen LogP contribution in [0.15, 0.2) is 56.3 Å². The van der Waals surface area contributed by atoms with Crippen LogP contribution in [0.1, 0.15) is 30.7 Å². The quantitative estimate of drug-likeness (QED) is 0.423. The molecule has 0 unspecified atom stereocenters. The number of piperidine rings is 1. The Balaban J connectivity index is 1.31. The van der Waals surface area contributed by atoms with Gasteiger partial charge in [0.25, 0.3) is 6.01 Å². The van der Waals surface area contributed by atoms with Crippen molar-refractivity contribution in [2.75, 3.05) is 32.1 Å². The molecule has 0 N–H and O–H groups in total. The standard InChI is InChI=1S/C23H25N5O4S/c1-27(2)23-24-19-15-17(8-11-20(19)31-23)22-25-21(32-26-22)14-16-6-9-18(10-7-16)33(29,30)28-12-4-3-5-13-28/h6-11,15H,3-5,12-14H2,1-2H3. The predicted molar refractivity (Wildman–Crippen MR) is 123 cm³/mol. The van der Waals surface area contributed by atoms with E-state index in [-0.39, 0.29) is 0 Å². The molecule has 172 valence electrons. The number of rotatable bonds is 6. The fraction of sp³-hybridized carbons (Fsp3) is 0.348. The molecule has 1 aliphatic heterocycles. The van der Waals surface area contributed by atoms with Gasteiger partial charge >= 0.3 is 0 Å². The van der Waals surface area contributed by atoms with Gasteiger partial charge in [0, 0.05) is 32.7 Å². The second-order valence-electron chi connectivity index (χ2n) is 8.37. The summed E-state index contributed by atoms with van der Waals surface area (Å²) >= 11 is 0. The molecule has 1 aliphatic rings. The predicted octanol–water partition coefficient (Wildman–Crippen LogP) is 3.71. The van der Waals surface area contributed by atoms with Gasteiger partial charge in [-0.25, -0.2) is 8.42 Å². The third-order valence-electron chi connectivity index (χ3n) is 5.72. The zero-order chi connectivity index (χ0) is 23.0. The van der Waals surface area contributed by atoms with Gasteiger partial charge in [0.1, 0.15) is 5.52 Å². The first kappa shape index (κ1) is 21.6. The number of oxazole rings is 1. The van der Waals surface area contributed by atoms with Crippen molar-refractivity contribution in [3.05, 3.63) is 53.9 Å². The molecule has 4 aromatic rings. The molecule has 5 rings (SSSR count). The van der Waals surface area contributed by atoms with Crippen molar-refractivity contribution in [1.29, 1.82) is 0 Å². The molecule has 0 spiro atoms. The molecule has 10 heteroatoms. The molecule has 1 saturated heterocycles. The summed E-state index contributed by atoms with van der Waals surface area (Å²) in [4.78, 5) is 11.1. The SMILES string of the molecule is CN(C)c1nc2cc(-c3noc(Cc4ccc(S(=O)(=O)N5CCCCC5)cc4)n3)ccc2o1. The third-order valence-corrected chi connectivity index (χ3v) is 7.63. The zero-order valence-corrected chi connectivity index (χ0v) is 19.4. The second kappa shape index (κ2) is 8.60. The number of fused-ring (bicyclic) bond motifs is 1. The van der Waals surface area contributed by atoms with Crippen LogP contribution in [0.5, 0.6) is 0 Å². The molecule has 0 bridgehead atoms. The van der Waals surface area contributed by atoms with Crippen molar-refractivity contribution in [1.82, 2.24) is 19.4 Å². The van der Waals surface area contributed by atoms with Crippen molar-refractivity contribution in [2.45, 2.75) is 30.6 Å². The maximum atomic E-state index is 12.8. The van der Waals surface area contributed by atoms with E-state index in [1.54, 1.807) is 33.5 Å². The monoisotopic (exact) mass is 467 g/mol. The first-order valence-electron chi connectivity index (χ1n) is 10.9. The Morgan fingerprint density at radius 1 is 1.00 bits per heavy atom. The van der Waals surface area contributed by atoms with E-state index in [2.05, 4.69) is 15.1 Å². The highest BCUT2D eigenvalue weighted by atomic mass is 32.2. The van der Waals surface area contributed by atoms with Crippen LogP contribution in [0, 0.1) is 0 Å². The van der Waals surface area contributed by atoms with E-state index in [1.807, 2.05) is 32.3 Å². The van der Waals surface area contributed by atoms with Crippen molar-refractivity contribution in [3.8, 4) is 11.4 Å². The molecule has 0 aliphatic carbocycles. The first-order chi connectivity index (χ1) is 15.9. The average molecular weight is 468 g/mol. The molecule has 0 amide bonds. The Hall–Kier alpha value is -3.24. The molecular formula is C23H25N5O4S. The summed E-state index contributed by atoms with van der Waals surface area (Å²) in [6.45, 7) is 1.18. The Kier molecular flexibility index (Phi) is 5.63. The lowest BCUT2D eigenvalue weighted by atomic mass is 10.1. The molecule has 2 aromatic heterocycles. The van der Waals surface area contributed by atoms with Gasteiger partial charge in [0.2, 0.25) is 21.7 Å². The third kappa shape index (κ3) is 4.36. The summed E-state index contributed by atoms with van der Waals surface area (Å²) in [5.74, 6) is 0.913. The van der Waals surface area contributed by atoms with Gasteiger partial charge in [0.15, 0.2) is 5.58 Å². The molecule has 0 atom stereocenters. The Morgan fingerprint density at radius 3 is 2.48 bits per heavy atom. The lowest BCUT2D eigenvalue weighted by Crippen LogP contribution is -2.35. The van der Waals surface area contributed by atoms with Gasteiger partial charge in [-0.05, 0) is 48.7 Å². The molecular weight excluding hydrogens is 442 g/mol. The normalized spacial score (nSPS) is 15.2. The van der Waals surface area contributed by atoms with Crippen molar-refractivity contribution < 1.29 is 17.4 Å². The highest BCUT2D eigenvalue weighted by Crippen LogP contribution is 2.26. The average Bonchev–Trinajstić information content (AvgIpc) is 3.47. The summed E-state index contributed by atoms with van der Waals surface area (Å²) in [6, 6.07) is 13.0. The molecule has 9 nitrogen and oxygen atoms in total. The lowest BCUT2D eigenvalue weighted by molar-refractivity contribution is 0.346. The van der Waals surface area contributed by atoms with Gasteiger partial charge < -0.3 is 13.8 Å². The van der Waals surface area contributed by atoms with E-state index in [0.717, 1.165) is 30.4 Å². The minimum Gasteiger partial charge on any atom is -0.423 e. The van der Waals surface area contributed by atoms with E-state index >= 15 is 0 Å².